The van der Waals surface area contributed by atoms with Crippen LogP contribution in [0.2, 0.25) is 5.02 Å². The monoisotopic (exact) mass is 454 g/mol. The van der Waals surface area contributed by atoms with Crippen LogP contribution in [0.4, 0.5) is 5.69 Å². The van der Waals surface area contributed by atoms with Crippen molar-refractivity contribution in [3.63, 3.8) is 0 Å². The van der Waals surface area contributed by atoms with Gasteiger partial charge < -0.3 is 15.1 Å². The van der Waals surface area contributed by atoms with Gasteiger partial charge in [0.25, 0.3) is 0 Å². The minimum absolute atomic E-state index is 0.0297. The van der Waals surface area contributed by atoms with Crippen LogP contribution in [-0.4, -0.2) is 71.7 Å². The van der Waals surface area contributed by atoms with E-state index in [0.717, 1.165) is 5.56 Å². The lowest BCUT2D eigenvalue weighted by Gasteiger charge is -2.35. The highest BCUT2D eigenvalue weighted by Crippen LogP contribution is 2.23. The van der Waals surface area contributed by atoms with Crippen molar-refractivity contribution >= 4 is 35.0 Å². The van der Waals surface area contributed by atoms with Crippen molar-refractivity contribution in [3.05, 3.63) is 65.2 Å². The van der Waals surface area contributed by atoms with Crippen LogP contribution >= 0.6 is 11.6 Å². The van der Waals surface area contributed by atoms with Crippen LogP contribution < -0.4 is 5.32 Å². The summed E-state index contributed by atoms with van der Waals surface area (Å²) in [5, 5.41) is 3.33. The Kier molecular flexibility index (Phi) is 7.07. The van der Waals surface area contributed by atoms with E-state index < -0.39 is 0 Å². The van der Waals surface area contributed by atoms with Gasteiger partial charge in [-0.1, -0.05) is 54.1 Å². The number of rotatable bonds is 6. The number of piperazine rings is 1. The molecule has 8 heteroatoms. The van der Waals surface area contributed by atoms with Gasteiger partial charge in [-0.25, -0.2) is 0 Å². The minimum atomic E-state index is -0.290. The van der Waals surface area contributed by atoms with Crippen LogP contribution in [0.1, 0.15) is 12.0 Å². The Morgan fingerprint density at radius 2 is 1.66 bits per heavy atom. The summed E-state index contributed by atoms with van der Waals surface area (Å²) in [6.45, 7) is 3.61. The van der Waals surface area contributed by atoms with Crippen LogP contribution in [0.25, 0.3) is 0 Å². The van der Waals surface area contributed by atoms with E-state index in [0.29, 0.717) is 50.0 Å². The Hall–Kier alpha value is -2.90. The molecule has 0 saturated carbocycles. The molecule has 0 bridgehead atoms. The van der Waals surface area contributed by atoms with Crippen molar-refractivity contribution in [1.82, 2.24) is 14.7 Å². The SMILES string of the molecule is O=C(CN1CCN(C(=O)C2CC(=O)N(Cc3ccccc3)C2)CC1)Nc1ccccc1Cl. The fourth-order valence-electron chi connectivity index (χ4n) is 4.23. The second-order valence-electron chi connectivity index (χ2n) is 8.29. The molecule has 0 radical (unpaired) electrons. The van der Waals surface area contributed by atoms with Crippen molar-refractivity contribution in [2.45, 2.75) is 13.0 Å². The number of anilines is 1. The molecule has 168 valence electrons. The normalized spacial score (nSPS) is 19.3. The van der Waals surface area contributed by atoms with E-state index >= 15 is 0 Å². The first-order valence-electron chi connectivity index (χ1n) is 10.9. The summed E-state index contributed by atoms with van der Waals surface area (Å²) < 4.78 is 0. The van der Waals surface area contributed by atoms with Gasteiger partial charge in [0.2, 0.25) is 17.7 Å². The number of carbonyl (C=O) groups excluding carboxylic acids is 3. The first kappa shape index (κ1) is 22.3. The highest BCUT2D eigenvalue weighted by atomic mass is 35.5. The molecule has 0 spiro atoms. The summed E-state index contributed by atoms with van der Waals surface area (Å²) in [6, 6.07) is 17.0. The maximum Gasteiger partial charge on any atom is 0.238 e. The van der Waals surface area contributed by atoms with Gasteiger partial charge in [0.05, 0.1) is 23.2 Å². The van der Waals surface area contributed by atoms with Gasteiger partial charge in [-0.3, -0.25) is 19.3 Å². The number of hydrogen-bond donors (Lipinski definition) is 1. The van der Waals surface area contributed by atoms with E-state index in [-0.39, 0.29) is 36.6 Å². The van der Waals surface area contributed by atoms with E-state index in [4.69, 9.17) is 11.6 Å². The number of benzene rings is 2. The van der Waals surface area contributed by atoms with Crippen LogP contribution in [0.5, 0.6) is 0 Å². The van der Waals surface area contributed by atoms with E-state index in [1.54, 1.807) is 17.0 Å². The fraction of sp³-hybridized carbons (Fsp3) is 0.375. The number of halogens is 1. The number of nitrogens with zero attached hydrogens (tertiary/aromatic N) is 3. The van der Waals surface area contributed by atoms with Gasteiger partial charge in [-0.15, -0.1) is 0 Å². The van der Waals surface area contributed by atoms with Crippen molar-refractivity contribution in [1.29, 1.82) is 0 Å². The molecule has 2 aromatic carbocycles. The number of carbonyl (C=O) groups is 3. The lowest BCUT2D eigenvalue weighted by Crippen LogP contribution is -2.52. The number of amides is 3. The molecule has 2 heterocycles. The number of para-hydroxylation sites is 1. The molecule has 2 aliphatic rings. The van der Waals surface area contributed by atoms with Crippen molar-refractivity contribution < 1.29 is 14.4 Å². The third-order valence-corrected chi connectivity index (χ3v) is 6.31. The van der Waals surface area contributed by atoms with Crippen molar-refractivity contribution in [2.75, 3.05) is 44.6 Å². The highest BCUT2D eigenvalue weighted by molar-refractivity contribution is 6.33. The Balaban J connectivity index is 1.23. The molecule has 3 amide bonds. The number of hydrogen-bond acceptors (Lipinski definition) is 4. The average Bonchev–Trinajstić information content (AvgIpc) is 3.16. The highest BCUT2D eigenvalue weighted by Gasteiger charge is 2.37. The quantitative estimate of drug-likeness (QED) is 0.727. The largest absolute Gasteiger partial charge is 0.340 e. The van der Waals surface area contributed by atoms with Gasteiger partial charge in [0.1, 0.15) is 0 Å². The van der Waals surface area contributed by atoms with E-state index in [1.807, 2.05) is 52.3 Å². The van der Waals surface area contributed by atoms with Gasteiger partial charge in [-0.2, -0.15) is 0 Å². The van der Waals surface area contributed by atoms with Gasteiger partial charge in [0.15, 0.2) is 0 Å². The molecule has 2 fully saturated rings. The Labute approximate surface area is 192 Å². The zero-order valence-electron chi connectivity index (χ0n) is 17.9. The van der Waals surface area contributed by atoms with Crippen molar-refractivity contribution in [2.24, 2.45) is 5.92 Å². The second kappa shape index (κ2) is 10.1. The number of nitrogens with one attached hydrogen (secondary N) is 1. The molecular weight excluding hydrogens is 428 g/mol. The third kappa shape index (κ3) is 5.47. The molecule has 2 saturated heterocycles. The molecule has 1 N–H and O–H groups in total. The summed E-state index contributed by atoms with van der Waals surface area (Å²) in [5.41, 5.74) is 1.66. The van der Waals surface area contributed by atoms with Crippen LogP contribution in [0.3, 0.4) is 0 Å². The Bertz CT molecular complexity index is 976. The summed E-state index contributed by atoms with van der Waals surface area (Å²) in [7, 11) is 0. The summed E-state index contributed by atoms with van der Waals surface area (Å²) >= 11 is 6.09. The first-order valence-corrected chi connectivity index (χ1v) is 11.2. The Morgan fingerprint density at radius 1 is 0.969 bits per heavy atom. The van der Waals surface area contributed by atoms with Crippen molar-refractivity contribution in [3.8, 4) is 0 Å². The minimum Gasteiger partial charge on any atom is -0.340 e. The standard InChI is InChI=1S/C24H27ClN4O3/c25-20-8-4-5-9-21(20)26-22(30)17-27-10-12-28(13-11-27)24(32)19-14-23(31)29(16-19)15-18-6-2-1-3-7-18/h1-9,19H,10-17H2,(H,26,30). The molecule has 2 aromatic rings. The lowest BCUT2D eigenvalue weighted by molar-refractivity contribution is -0.137. The summed E-state index contributed by atoms with van der Waals surface area (Å²) in [5.74, 6) is -0.353. The first-order chi connectivity index (χ1) is 15.5. The van der Waals surface area contributed by atoms with Gasteiger partial charge in [-0.05, 0) is 17.7 Å². The molecular formula is C24H27ClN4O3. The number of likely N-dealkylation sites (tertiary alicyclic amines) is 1. The zero-order valence-corrected chi connectivity index (χ0v) is 18.6. The van der Waals surface area contributed by atoms with E-state index in [1.165, 1.54) is 0 Å². The van der Waals surface area contributed by atoms with Crippen LogP contribution in [-0.2, 0) is 20.9 Å². The molecule has 1 atom stereocenters. The molecule has 0 aliphatic carbocycles. The average molecular weight is 455 g/mol. The second-order valence-corrected chi connectivity index (χ2v) is 8.70. The van der Waals surface area contributed by atoms with E-state index in [2.05, 4.69) is 5.32 Å². The third-order valence-electron chi connectivity index (χ3n) is 5.98. The summed E-state index contributed by atoms with van der Waals surface area (Å²) in [6.07, 6.45) is 0.270. The van der Waals surface area contributed by atoms with Crippen LogP contribution in [0.15, 0.2) is 54.6 Å². The fourth-order valence-corrected chi connectivity index (χ4v) is 4.42. The predicted octanol–water partition coefficient (Wildman–Crippen LogP) is 2.47. The molecule has 0 aromatic heterocycles. The maximum atomic E-state index is 13.0. The molecule has 7 nitrogen and oxygen atoms in total. The smallest absolute Gasteiger partial charge is 0.238 e. The molecule has 2 aliphatic heterocycles. The molecule has 4 rings (SSSR count). The van der Waals surface area contributed by atoms with Gasteiger partial charge >= 0.3 is 0 Å². The maximum absolute atomic E-state index is 13.0. The van der Waals surface area contributed by atoms with E-state index in [9.17, 15) is 14.4 Å². The molecule has 32 heavy (non-hydrogen) atoms. The summed E-state index contributed by atoms with van der Waals surface area (Å²) in [4.78, 5) is 43.4. The van der Waals surface area contributed by atoms with Crippen LogP contribution in [0, 0.1) is 5.92 Å². The topological polar surface area (TPSA) is 73.0 Å². The Morgan fingerprint density at radius 3 is 2.38 bits per heavy atom. The zero-order chi connectivity index (χ0) is 22.5. The lowest BCUT2D eigenvalue weighted by atomic mass is 10.1. The molecule has 1 unspecified atom stereocenters. The predicted molar refractivity (Wildman–Crippen MR) is 123 cm³/mol. The van der Waals surface area contributed by atoms with Gasteiger partial charge in [0, 0.05) is 45.7 Å².